The van der Waals surface area contributed by atoms with E-state index in [2.05, 4.69) is 4.90 Å². The Hall–Kier alpha value is -1.97. The largest absolute Gasteiger partial charge is 0.379 e. The van der Waals surface area contributed by atoms with Crippen LogP contribution in [0.1, 0.15) is 17.0 Å². The molecular formula is C19H21NO2. The zero-order valence-electron chi connectivity index (χ0n) is 12.7. The molecule has 3 rings (SSSR count). The van der Waals surface area contributed by atoms with Gasteiger partial charge < -0.3 is 4.74 Å². The molecule has 0 aliphatic carbocycles. The van der Waals surface area contributed by atoms with Gasteiger partial charge in [0.1, 0.15) is 0 Å². The second-order valence-corrected chi connectivity index (χ2v) is 5.61. The molecule has 1 aliphatic heterocycles. The summed E-state index contributed by atoms with van der Waals surface area (Å²) >= 11 is 0. The van der Waals surface area contributed by atoms with Crippen molar-refractivity contribution >= 4 is 5.78 Å². The maximum atomic E-state index is 12.9. The maximum Gasteiger partial charge on any atom is 0.158 e. The van der Waals surface area contributed by atoms with Crippen molar-refractivity contribution in [1.29, 1.82) is 0 Å². The van der Waals surface area contributed by atoms with E-state index in [9.17, 15) is 4.79 Å². The highest BCUT2D eigenvalue weighted by Gasteiger charge is 2.24. The topological polar surface area (TPSA) is 29.5 Å². The fourth-order valence-electron chi connectivity index (χ4n) is 2.93. The van der Waals surface area contributed by atoms with E-state index >= 15 is 0 Å². The first-order valence-corrected chi connectivity index (χ1v) is 7.77. The van der Waals surface area contributed by atoms with Gasteiger partial charge in [-0.25, -0.2) is 0 Å². The molecule has 0 atom stereocenters. The molecule has 0 amide bonds. The number of ether oxygens (including phenoxy) is 1. The monoisotopic (exact) mass is 295 g/mol. The van der Waals surface area contributed by atoms with Gasteiger partial charge >= 0.3 is 0 Å². The zero-order chi connectivity index (χ0) is 15.2. The highest BCUT2D eigenvalue weighted by Crippen LogP contribution is 2.26. The van der Waals surface area contributed by atoms with E-state index < -0.39 is 0 Å². The molecule has 0 aromatic heterocycles. The second kappa shape index (κ2) is 7.34. The van der Waals surface area contributed by atoms with E-state index in [1.165, 1.54) is 0 Å². The van der Waals surface area contributed by atoms with Gasteiger partial charge in [-0.05, 0) is 11.1 Å². The average Bonchev–Trinajstić information content (AvgIpc) is 2.58. The molecule has 22 heavy (non-hydrogen) atoms. The van der Waals surface area contributed by atoms with Crippen molar-refractivity contribution in [3.8, 4) is 0 Å². The van der Waals surface area contributed by atoms with Crippen LogP contribution in [0, 0.1) is 0 Å². The summed E-state index contributed by atoms with van der Waals surface area (Å²) in [6.07, 6.45) is 0. The molecule has 0 radical (unpaired) electrons. The number of benzene rings is 2. The van der Waals surface area contributed by atoms with Crippen molar-refractivity contribution in [1.82, 2.24) is 4.90 Å². The predicted octanol–water partition coefficient (Wildman–Crippen LogP) is 2.72. The molecule has 1 aliphatic rings. The molecule has 0 bridgehead atoms. The van der Waals surface area contributed by atoms with Gasteiger partial charge in [-0.1, -0.05) is 60.7 Å². The fourth-order valence-corrected chi connectivity index (χ4v) is 2.93. The molecule has 114 valence electrons. The smallest absolute Gasteiger partial charge is 0.158 e. The Bertz CT molecular complexity index is 552. The highest BCUT2D eigenvalue weighted by atomic mass is 16.5. The van der Waals surface area contributed by atoms with Crippen molar-refractivity contribution in [3.05, 3.63) is 71.8 Å². The lowest BCUT2D eigenvalue weighted by atomic mass is 9.87. The number of morpholine rings is 1. The summed E-state index contributed by atoms with van der Waals surface area (Å²) in [5.74, 6) is 0.0598. The van der Waals surface area contributed by atoms with E-state index in [-0.39, 0.29) is 11.7 Å². The molecular weight excluding hydrogens is 274 g/mol. The van der Waals surface area contributed by atoms with E-state index in [1.807, 2.05) is 60.7 Å². The number of carbonyl (C=O) groups excluding carboxylic acids is 1. The van der Waals surface area contributed by atoms with Gasteiger partial charge in [0.15, 0.2) is 5.78 Å². The van der Waals surface area contributed by atoms with Gasteiger partial charge in [-0.2, -0.15) is 0 Å². The van der Waals surface area contributed by atoms with Gasteiger partial charge in [-0.15, -0.1) is 0 Å². The molecule has 2 aromatic carbocycles. The minimum Gasteiger partial charge on any atom is -0.379 e. The lowest BCUT2D eigenvalue weighted by Crippen LogP contribution is -2.40. The molecule has 0 spiro atoms. The van der Waals surface area contributed by atoms with Crippen LogP contribution in [-0.4, -0.2) is 43.5 Å². The number of hydrogen-bond donors (Lipinski definition) is 0. The molecule has 1 fully saturated rings. The Balaban J connectivity index is 1.83. The minimum atomic E-state index is -0.190. The number of Topliss-reactive ketones (excluding diaryl/α,β-unsaturated/α-hetero) is 1. The van der Waals surface area contributed by atoms with Crippen LogP contribution in [0.2, 0.25) is 0 Å². The van der Waals surface area contributed by atoms with E-state index in [0.29, 0.717) is 19.8 Å². The summed E-state index contributed by atoms with van der Waals surface area (Å²) < 4.78 is 5.36. The molecule has 3 heteroatoms. The van der Waals surface area contributed by atoms with Crippen LogP contribution < -0.4 is 0 Å². The summed E-state index contributed by atoms with van der Waals surface area (Å²) in [5, 5.41) is 0. The first kappa shape index (κ1) is 14.9. The van der Waals surface area contributed by atoms with Crippen molar-refractivity contribution in [2.45, 2.75) is 5.92 Å². The normalized spacial score (nSPS) is 15.9. The number of carbonyl (C=O) groups is 1. The van der Waals surface area contributed by atoms with Crippen molar-refractivity contribution in [3.63, 3.8) is 0 Å². The van der Waals surface area contributed by atoms with Crippen LogP contribution >= 0.6 is 0 Å². The number of rotatable bonds is 5. The van der Waals surface area contributed by atoms with Gasteiger partial charge in [0.2, 0.25) is 0 Å². The van der Waals surface area contributed by atoms with Gasteiger partial charge in [-0.3, -0.25) is 9.69 Å². The molecule has 0 N–H and O–H groups in total. The van der Waals surface area contributed by atoms with Crippen LogP contribution in [0.4, 0.5) is 0 Å². The van der Waals surface area contributed by atoms with Crippen LogP contribution in [0.25, 0.3) is 0 Å². The standard InChI is InChI=1S/C19H21NO2/c21-18(15-20-11-13-22-14-12-20)19(16-7-3-1-4-8-16)17-9-5-2-6-10-17/h1-10,19H,11-15H2. The summed E-state index contributed by atoms with van der Waals surface area (Å²) in [4.78, 5) is 15.1. The van der Waals surface area contributed by atoms with Crippen LogP contribution in [0.15, 0.2) is 60.7 Å². The average molecular weight is 295 g/mol. The summed E-state index contributed by atoms with van der Waals surface area (Å²) in [6.45, 7) is 3.59. The van der Waals surface area contributed by atoms with Crippen LogP contribution in [0.5, 0.6) is 0 Å². The minimum absolute atomic E-state index is 0.190. The van der Waals surface area contributed by atoms with Crippen LogP contribution in [-0.2, 0) is 9.53 Å². The molecule has 2 aromatic rings. The van der Waals surface area contributed by atoms with Crippen LogP contribution in [0.3, 0.4) is 0 Å². The molecule has 1 saturated heterocycles. The lowest BCUT2D eigenvalue weighted by Gasteiger charge is -2.27. The third-order valence-corrected chi connectivity index (χ3v) is 4.07. The molecule has 1 heterocycles. The summed E-state index contributed by atoms with van der Waals surface area (Å²) in [5.41, 5.74) is 2.12. The Morgan fingerprint density at radius 2 is 1.41 bits per heavy atom. The summed E-state index contributed by atoms with van der Waals surface area (Å²) in [7, 11) is 0. The predicted molar refractivity (Wildman–Crippen MR) is 87.0 cm³/mol. The third kappa shape index (κ3) is 3.62. The quantitative estimate of drug-likeness (QED) is 0.849. The van der Waals surface area contributed by atoms with E-state index in [4.69, 9.17) is 4.74 Å². The molecule has 0 unspecified atom stereocenters. The Kier molecular flexibility index (Phi) is 4.99. The Morgan fingerprint density at radius 1 is 0.909 bits per heavy atom. The SMILES string of the molecule is O=C(CN1CCOCC1)C(c1ccccc1)c1ccccc1. The van der Waals surface area contributed by atoms with Gasteiger partial charge in [0.25, 0.3) is 0 Å². The number of hydrogen-bond acceptors (Lipinski definition) is 3. The lowest BCUT2D eigenvalue weighted by molar-refractivity contribution is -0.121. The van der Waals surface area contributed by atoms with Gasteiger partial charge in [0.05, 0.1) is 25.7 Å². The van der Waals surface area contributed by atoms with E-state index in [1.54, 1.807) is 0 Å². The second-order valence-electron chi connectivity index (χ2n) is 5.61. The molecule has 3 nitrogen and oxygen atoms in total. The zero-order valence-corrected chi connectivity index (χ0v) is 12.7. The Morgan fingerprint density at radius 3 is 1.91 bits per heavy atom. The first-order valence-electron chi connectivity index (χ1n) is 7.77. The highest BCUT2D eigenvalue weighted by molar-refractivity contribution is 5.90. The first-order chi connectivity index (χ1) is 10.8. The van der Waals surface area contributed by atoms with E-state index in [0.717, 1.165) is 24.2 Å². The summed E-state index contributed by atoms with van der Waals surface area (Å²) in [6, 6.07) is 20.1. The number of ketones is 1. The van der Waals surface area contributed by atoms with Crippen molar-refractivity contribution < 1.29 is 9.53 Å². The maximum absolute atomic E-state index is 12.9. The number of nitrogens with zero attached hydrogens (tertiary/aromatic N) is 1. The van der Waals surface area contributed by atoms with Gasteiger partial charge in [0, 0.05) is 13.1 Å². The fraction of sp³-hybridized carbons (Fsp3) is 0.316. The van der Waals surface area contributed by atoms with Crippen molar-refractivity contribution in [2.24, 2.45) is 0 Å². The van der Waals surface area contributed by atoms with Crippen molar-refractivity contribution in [2.75, 3.05) is 32.8 Å². The third-order valence-electron chi connectivity index (χ3n) is 4.07. The molecule has 0 saturated carbocycles. The Labute approximate surface area is 131 Å².